The molecule has 0 unspecified atom stereocenters. The molecular formula is C13H14BrFN2. The quantitative estimate of drug-likeness (QED) is 0.910. The van der Waals surface area contributed by atoms with Crippen molar-refractivity contribution in [1.82, 2.24) is 4.57 Å². The molecule has 17 heavy (non-hydrogen) atoms. The summed E-state index contributed by atoms with van der Waals surface area (Å²) in [6.45, 7) is 2.64. The maximum absolute atomic E-state index is 13.4. The molecule has 0 aliphatic rings. The number of benzene rings is 1. The topological polar surface area (TPSA) is 17.0 Å². The number of nitrogens with one attached hydrogen (secondary N) is 1. The first-order valence-electron chi connectivity index (χ1n) is 5.37. The van der Waals surface area contributed by atoms with Crippen LogP contribution in [0.1, 0.15) is 11.3 Å². The van der Waals surface area contributed by atoms with Crippen molar-refractivity contribution in [3.05, 3.63) is 52.0 Å². The first kappa shape index (κ1) is 12.2. The second-order valence-corrected chi connectivity index (χ2v) is 4.90. The Labute approximate surface area is 109 Å². The third kappa shape index (κ3) is 2.69. The lowest BCUT2D eigenvalue weighted by Gasteiger charge is -2.11. The molecule has 4 heteroatoms. The zero-order valence-electron chi connectivity index (χ0n) is 9.80. The van der Waals surface area contributed by atoms with Crippen LogP contribution in [0.5, 0.6) is 0 Å². The zero-order chi connectivity index (χ0) is 12.4. The number of rotatable bonds is 3. The zero-order valence-corrected chi connectivity index (χ0v) is 11.4. The molecule has 0 aliphatic heterocycles. The predicted octanol–water partition coefficient (Wildman–Crippen LogP) is 3.85. The fourth-order valence-corrected chi connectivity index (χ4v) is 2.16. The maximum Gasteiger partial charge on any atom is 0.139 e. The van der Waals surface area contributed by atoms with E-state index in [-0.39, 0.29) is 5.82 Å². The molecule has 0 spiro atoms. The Morgan fingerprint density at radius 1 is 1.41 bits per heavy atom. The van der Waals surface area contributed by atoms with E-state index in [4.69, 9.17) is 0 Å². The molecule has 0 amide bonds. The van der Waals surface area contributed by atoms with E-state index < -0.39 is 0 Å². The van der Waals surface area contributed by atoms with Crippen LogP contribution in [0.25, 0.3) is 0 Å². The summed E-state index contributed by atoms with van der Waals surface area (Å²) in [5, 5.41) is 3.24. The third-order valence-corrected chi connectivity index (χ3v) is 3.39. The van der Waals surface area contributed by atoms with Gasteiger partial charge in [-0.25, -0.2) is 4.39 Å². The fourth-order valence-electron chi connectivity index (χ4n) is 1.70. The summed E-state index contributed by atoms with van der Waals surface area (Å²) in [7, 11) is 1.99. The normalized spacial score (nSPS) is 10.6. The SMILES string of the molecule is Cc1cc(Br)c(F)cc1NCc1cccn1C. The van der Waals surface area contributed by atoms with Gasteiger partial charge in [-0.3, -0.25) is 0 Å². The van der Waals surface area contributed by atoms with Gasteiger partial charge in [0.05, 0.1) is 11.0 Å². The van der Waals surface area contributed by atoms with E-state index in [0.717, 1.165) is 16.9 Å². The molecule has 1 aromatic heterocycles. The smallest absolute Gasteiger partial charge is 0.139 e. The summed E-state index contributed by atoms with van der Waals surface area (Å²) in [6.07, 6.45) is 1.99. The third-order valence-electron chi connectivity index (χ3n) is 2.78. The Hall–Kier alpha value is -1.29. The molecule has 0 saturated carbocycles. The highest BCUT2D eigenvalue weighted by molar-refractivity contribution is 9.10. The second-order valence-electron chi connectivity index (χ2n) is 4.05. The van der Waals surface area contributed by atoms with E-state index >= 15 is 0 Å². The number of halogens is 2. The molecule has 0 bridgehead atoms. The summed E-state index contributed by atoms with van der Waals surface area (Å²) in [6, 6.07) is 7.33. The summed E-state index contributed by atoms with van der Waals surface area (Å²) < 4.78 is 16.0. The van der Waals surface area contributed by atoms with Crippen LogP contribution in [-0.2, 0) is 13.6 Å². The molecule has 2 rings (SSSR count). The predicted molar refractivity (Wildman–Crippen MR) is 71.6 cm³/mol. The van der Waals surface area contributed by atoms with Gasteiger partial charge in [-0.05, 0) is 52.7 Å². The van der Waals surface area contributed by atoms with Gasteiger partial charge in [0.1, 0.15) is 5.82 Å². The first-order chi connectivity index (χ1) is 8.08. The van der Waals surface area contributed by atoms with Crippen molar-refractivity contribution in [2.24, 2.45) is 7.05 Å². The average Bonchev–Trinajstić information content (AvgIpc) is 2.68. The van der Waals surface area contributed by atoms with Gasteiger partial charge in [0.2, 0.25) is 0 Å². The van der Waals surface area contributed by atoms with Crippen molar-refractivity contribution < 1.29 is 4.39 Å². The molecule has 0 atom stereocenters. The molecular weight excluding hydrogens is 283 g/mol. The highest BCUT2D eigenvalue weighted by atomic mass is 79.9. The van der Waals surface area contributed by atoms with Gasteiger partial charge < -0.3 is 9.88 Å². The van der Waals surface area contributed by atoms with Crippen molar-refractivity contribution in [1.29, 1.82) is 0 Å². The van der Waals surface area contributed by atoms with Gasteiger partial charge in [0, 0.05) is 24.6 Å². The minimum absolute atomic E-state index is 0.245. The number of hydrogen-bond acceptors (Lipinski definition) is 1. The van der Waals surface area contributed by atoms with Crippen LogP contribution in [0.3, 0.4) is 0 Å². The lowest BCUT2D eigenvalue weighted by Crippen LogP contribution is -2.05. The summed E-state index contributed by atoms with van der Waals surface area (Å²) in [4.78, 5) is 0. The Bertz CT molecular complexity index is 534. The van der Waals surface area contributed by atoms with Crippen LogP contribution in [-0.4, -0.2) is 4.57 Å². The fraction of sp³-hybridized carbons (Fsp3) is 0.231. The van der Waals surface area contributed by atoms with Crippen LogP contribution in [0, 0.1) is 12.7 Å². The Kier molecular flexibility index (Phi) is 3.52. The molecule has 1 N–H and O–H groups in total. The van der Waals surface area contributed by atoms with Gasteiger partial charge in [-0.15, -0.1) is 0 Å². The summed E-state index contributed by atoms with van der Waals surface area (Å²) in [5.74, 6) is -0.245. The van der Waals surface area contributed by atoms with E-state index in [2.05, 4.69) is 21.2 Å². The molecule has 0 radical (unpaired) electrons. The number of nitrogens with zero attached hydrogens (tertiary/aromatic N) is 1. The summed E-state index contributed by atoms with van der Waals surface area (Å²) in [5.41, 5.74) is 3.01. The number of aryl methyl sites for hydroxylation is 2. The van der Waals surface area contributed by atoms with Crippen molar-refractivity contribution >= 4 is 21.6 Å². The Balaban J connectivity index is 2.14. The Morgan fingerprint density at radius 3 is 2.82 bits per heavy atom. The monoisotopic (exact) mass is 296 g/mol. The lowest BCUT2D eigenvalue weighted by atomic mass is 10.2. The van der Waals surface area contributed by atoms with E-state index in [9.17, 15) is 4.39 Å². The largest absolute Gasteiger partial charge is 0.379 e. The minimum atomic E-state index is -0.245. The summed E-state index contributed by atoms with van der Waals surface area (Å²) >= 11 is 3.17. The molecule has 0 saturated heterocycles. The molecule has 2 aromatic rings. The van der Waals surface area contributed by atoms with Gasteiger partial charge in [-0.2, -0.15) is 0 Å². The van der Waals surface area contributed by atoms with E-state index in [1.807, 2.05) is 36.9 Å². The Morgan fingerprint density at radius 2 is 2.18 bits per heavy atom. The highest BCUT2D eigenvalue weighted by Gasteiger charge is 2.05. The number of hydrogen-bond donors (Lipinski definition) is 1. The van der Waals surface area contributed by atoms with E-state index in [0.29, 0.717) is 11.0 Å². The van der Waals surface area contributed by atoms with Gasteiger partial charge in [-0.1, -0.05) is 0 Å². The van der Waals surface area contributed by atoms with Crippen LogP contribution >= 0.6 is 15.9 Å². The van der Waals surface area contributed by atoms with Crippen molar-refractivity contribution in [2.45, 2.75) is 13.5 Å². The molecule has 1 heterocycles. The standard InChI is InChI=1S/C13H14BrFN2/c1-9-6-11(14)12(15)7-13(9)16-8-10-4-3-5-17(10)2/h3-7,16H,8H2,1-2H3. The second kappa shape index (κ2) is 4.92. The van der Waals surface area contributed by atoms with Crippen LogP contribution in [0.4, 0.5) is 10.1 Å². The number of aromatic nitrogens is 1. The number of anilines is 1. The highest BCUT2D eigenvalue weighted by Crippen LogP contribution is 2.24. The van der Waals surface area contributed by atoms with E-state index in [1.165, 1.54) is 6.07 Å². The maximum atomic E-state index is 13.4. The molecule has 0 aliphatic carbocycles. The van der Waals surface area contributed by atoms with Gasteiger partial charge >= 0.3 is 0 Å². The molecule has 1 aromatic carbocycles. The van der Waals surface area contributed by atoms with Crippen LogP contribution in [0.2, 0.25) is 0 Å². The van der Waals surface area contributed by atoms with Crippen LogP contribution < -0.4 is 5.32 Å². The van der Waals surface area contributed by atoms with Gasteiger partial charge in [0.25, 0.3) is 0 Å². The van der Waals surface area contributed by atoms with Crippen molar-refractivity contribution in [3.63, 3.8) is 0 Å². The molecule has 2 nitrogen and oxygen atoms in total. The van der Waals surface area contributed by atoms with E-state index in [1.54, 1.807) is 6.07 Å². The lowest BCUT2D eigenvalue weighted by molar-refractivity contribution is 0.621. The minimum Gasteiger partial charge on any atom is -0.379 e. The van der Waals surface area contributed by atoms with Crippen molar-refractivity contribution in [2.75, 3.05) is 5.32 Å². The first-order valence-corrected chi connectivity index (χ1v) is 6.17. The molecule has 90 valence electrons. The van der Waals surface area contributed by atoms with Crippen molar-refractivity contribution in [3.8, 4) is 0 Å². The molecule has 0 fully saturated rings. The van der Waals surface area contributed by atoms with Gasteiger partial charge in [0.15, 0.2) is 0 Å². The average molecular weight is 297 g/mol. The van der Waals surface area contributed by atoms with Crippen LogP contribution in [0.15, 0.2) is 34.9 Å².